The van der Waals surface area contributed by atoms with Gasteiger partial charge in [0.25, 0.3) is 0 Å². The van der Waals surface area contributed by atoms with Crippen molar-refractivity contribution in [1.29, 1.82) is 0 Å². The van der Waals surface area contributed by atoms with Crippen molar-refractivity contribution in [1.82, 2.24) is 5.32 Å². The molecule has 2 aromatic carbocycles. The lowest BCUT2D eigenvalue weighted by atomic mass is 10.0. The molecule has 2 aliphatic rings. The van der Waals surface area contributed by atoms with Crippen LogP contribution in [0.25, 0.3) is 0 Å². The molecule has 2 amide bonds. The van der Waals surface area contributed by atoms with Crippen molar-refractivity contribution < 1.29 is 14.0 Å². The molecule has 0 bridgehead atoms. The largest absolute Gasteiger partial charge is 0.349 e. The Kier molecular flexibility index (Phi) is 4.91. The minimum absolute atomic E-state index is 0.0374. The van der Waals surface area contributed by atoms with Gasteiger partial charge in [-0.15, -0.1) is 11.8 Å². The van der Waals surface area contributed by atoms with Crippen molar-refractivity contribution in [2.75, 3.05) is 17.2 Å². The highest BCUT2D eigenvalue weighted by Crippen LogP contribution is 2.38. The minimum Gasteiger partial charge on any atom is -0.349 e. The summed E-state index contributed by atoms with van der Waals surface area (Å²) in [5.41, 5.74) is 2.78. The van der Waals surface area contributed by atoms with Gasteiger partial charge in [-0.1, -0.05) is 29.8 Å². The van der Waals surface area contributed by atoms with Crippen molar-refractivity contribution in [3.8, 4) is 0 Å². The van der Waals surface area contributed by atoms with Crippen molar-refractivity contribution >= 4 is 29.3 Å². The van der Waals surface area contributed by atoms with Gasteiger partial charge in [0.05, 0.1) is 12.0 Å². The summed E-state index contributed by atoms with van der Waals surface area (Å²) in [5, 5.41) is 3.05. The van der Waals surface area contributed by atoms with Crippen LogP contribution in [-0.4, -0.2) is 24.1 Å². The number of amides is 2. The van der Waals surface area contributed by atoms with Gasteiger partial charge in [-0.25, -0.2) is 4.39 Å². The van der Waals surface area contributed by atoms with E-state index in [1.807, 2.05) is 37.3 Å². The van der Waals surface area contributed by atoms with Crippen LogP contribution in [0.15, 0.2) is 47.4 Å². The van der Waals surface area contributed by atoms with Crippen LogP contribution in [0.3, 0.4) is 0 Å². The zero-order valence-corrected chi connectivity index (χ0v) is 15.9. The van der Waals surface area contributed by atoms with E-state index in [1.165, 1.54) is 17.8 Å². The third-order valence-corrected chi connectivity index (χ3v) is 6.34. The van der Waals surface area contributed by atoms with E-state index >= 15 is 0 Å². The average molecular weight is 384 g/mol. The fraction of sp³-hybridized carbons (Fsp3) is 0.333. The number of hydrogen-bond donors (Lipinski definition) is 1. The summed E-state index contributed by atoms with van der Waals surface area (Å²) in [5.74, 6) is -0.0315. The zero-order valence-electron chi connectivity index (χ0n) is 15.1. The van der Waals surface area contributed by atoms with Crippen LogP contribution in [0, 0.1) is 18.7 Å². The number of rotatable bonds is 3. The van der Waals surface area contributed by atoms with Gasteiger partial charge in [0, 0.05) is 29.3 Å². The second-order valence-corrected chi connectivity index (χ2v) is 8.20. The fourth-order valence-electron chi connectivity index (χ4n) is 3.68. The minimum atomic E-state index is -0.384. The van der Waals surface area contributed by atoms with E-state index in [0.717, 1.165) is 29.0 Å². The fourth-order valence-corrected chi connectivity index (χ4v) is 4.82. The molecular weight excluding hydrogens is 363 g/mol. The Bertz CT molecular complexity index is 884. The first kappa shape index (κ1) is 18.0. The molecule has 6 heteroatoms. The van der Waals surface area contributed by atoms with Crippen molar-refractivity contribution in [2.24, 2.45) is 5.92 Å². The molecule has 1 N–H and O–H groups in total. The van der Waals surface area contributed by atoms with Crippen LogP contribution in [0.4, 0.5) is 10.1 Å². The predicted molar refractivity (Wildman–Crippen MR) is 104 cm³/mol. The first-order valence-corrected chi connectivity index (χ1v) is 10.1. The number of hydrogen-bond acceptors (Lipinski definition) is 3. The summed E-state index contributed by atoms with van der Waals surface area (Å²) in [7, 11) is 0. The van der Waals surface area contributed by atoms with Gasteiger partial charge in [0.1, 0.15) is 5.82 Å². The SMILES string of the molecule is Cc1ccc(N2CC(C(=O)NC3CCSc4c(F)cccc43)CC2=O)cc1. The number of carbonyl (C=O) groups excluding carboxylic acids is 2. The lowest BCUT2D eigenvalue weighted by molar-refractivity contribution is -0.127. The number of nitrogens with zero attached hydrogens (tertiary/aromatic N) is 1. The van der Waals surface area contributed by atoms with E-state index in [4.69, 9.17) is 0 Å². The van der Waals surface area contributed by atoms with Crippen LogP contribution in [0.5, 0.6) is 0 Å². The highest BCUT2D eigenvalue weighted by Gasteiger charge is 2.36. The molecule has 4 nitrogen and oxygen atoms in total. The molecule has 2 atom stereocenters. The summed E-state index contributed by atoms with van der Waals surface area (Å²) in [6, 6.07) is 12.5. The monoisotopic (exact) mass is 384 g/mol. The van der Waals surface area contributed by atoms with E-state index in [-0.39, 0.29) is 36.0 Å². The molecule has 1 fully saturated rings. The zero-order chi connectivity index (χ0) is 19.0. The van der Waals surface area contributed by atoms with E-state index in [2.05, 4.69) is 5.32 Å². The van der Waals surface area contributed by atoms with Gasteiger partial charge >= 0.3 is 0 Å². The lowest BCUT2D eigenvalue weighted by Crippen LogP contribution is -2.36. The Hall–Kier alpha value is -2.34. The summed E-state index contributed by atoms with van der Waals surface area (Å²) >= 11 is 1.49. The Morgan fingerprint density at radius 1 is 1.22 bits per heavy atom. The molecular formula is C21H21FN2O2S. The highest BCUT2D eigenvalue weighted by atomic mass is 32.2. The Morgan fingerprint density at radius 2 is 2.00 bits per heavy atom. The maximum Gasteiger partial charge on any atom is 0.227 e. The highest BCUT2D eigenvalue weighted by molar-refractivity contribution is 7.99. The number of anilines is 1. The number of halogens is 1. The summed E-state index contributed by atoms with van der Waals surface area (Å²) in [4.78, 5) is 27.5. The number of thioether (sulfide) groups is 1. The van der Waals surface area contributed by atoms with Crippen LogP contribution < -0.4 is 10.2 Å². The normalized spacial score (nSPS) is 21.9. The van der Waals surface area contributed by atoms with Gasteiger partial charge in [0.15, 0.2) is 0 Å². The molecule has 1 saturated heterocycles. The number of aryl methyl sites for hydroxylation is 1. The smallest absolute Gasteiger partial charge is 0.227 e. The molecule has 2 unspecified atom stereocenters. The third kappa shape index (κ3) is 3.58. The van der Waals surface area contributed by atoms with Gasteiger partial charge in [0.2, 0.25) is 11.8 Å². The second-order valence-electron chi connectivity index (χ2n) is 7.10. The molecule has 4 rings (SSSR count). The Morgan fingerprint density at radius 3 is 2.78 bits per heavy atom. The summed E-state index contributed by atoms with van der Waals surface area (Å²) < 4.78 is 14.0. The summed E-state index contributed by atoms with van der Waals surface area (Å²) in [6.07, 6.45) is 0.965. The van der Waals surface area contributed by atoms with E-state index in [0.29, 0.717) is 11.4 Å². The average Bonchev–Trinajstić information content (AvgIpc) is 3.05. The second kappa shape index (κ2) is 7.35. The maximum absolute atomic E-state index is 14.0. The number of nitrogens with one attached hydrogen (secondary N) is 1. The first-order chi connectivity index (χ1) is 13.0. The molecule has 0 aromatic heterocycles. The molecule has 2 heterocycles. The van der Waals surface area contributed by atoms with Gasteiger partial charge in [-0.3, -0.25) is 9.59 Å². The molecule has 0 radical (unpaired) electrons. The van der Waals surface area contributed by atoms with Gasteiger partial charge in [-0.05, 0) is 37.1 Å². The Labute approximate surface area is 162 Å². The van der Waals surface area contributed by atoms with Crippen molar-refractivity contribution in [3.05, 3.63) is 59.4 Å². The topological polar surface area (TPSA) is 49.4 Å². The molecule has 140 valence electrons. The molecule has 27 heavy (non-hydrogen) atoms. The summed E-state index contributed by atoms with van der Waals surface area (Å²) in [6.45, 7) is 2.38. The van der Waals surface area contributed by atoms with E-state index < -0.39 is 0 Å². The van der Waals surface area contributed by atoms with Crippen LogP contribution in [-0.2, 0) is 9.59 Å². The maximum atomic E-state index is 14.0. The lowest BCUT2D eigenvalue weighted by Gasteiger charge is -2.27. The van der Waals surface area contributed by atoms with Crippen LogP contribution in [0.2, 0.25) is 0 Å². The van der Waals surface area contributed by atoms with Crippen molar-refractivity contribution in [2.45, 2.75) is 30.7 Å². The van der Waals surface area contributed by atoms with Crippen LogP contribution >= 0.6 is 11.8 Å². The molecule has 0 saturated carbocycles. The molecule has 0 spiro atoms. The van der Waals surface area contributed by atoms with Gasteiger partial charge in [-0.2, -0.15) is 0 Å². The van der Waals surface area contributed by atoms with E-state index in [1.54, 1.807) is 11.0 Å². The number of benzene rings is 2. The number of fused-ring (bicyclic) bond motifs is 1. The first-order valence-electron chi connectivity index (χ1n) is 9.11. The predicted octanol–water partition coefficient (Wildman–Crippen LogP) is 3.84. The quantitative estimate of drug-likeness (QED) is 0.875. The molecule has 2 aromatic rings. The van der Waals surface area contributed by atoms with Crippen molar-refractivity contribution in [3.63, 3.8) is 0 Å². The van der Waals surface area contributed by atoms with E-state index in [9.17, 15) is 14.0 Å². The molecule has 0 aliphatic carbocycles. The third-order valence-electron chi connectivity index (χ3n) is 5.18. The van der Waals surface area contributed by atoms with Crippen LogP contribution in [0.1, 0.15) is 30.0 Å². The van der Waals surface area contributed by atoms with Gasteiger partial charge < -0.3 is 10.2 Å². The standard InChI is InChI=1S/C21H21FN2O2S/c1-13-5-7-15(8-6-13)24-12-14(11-19(24)25)21(26)23-18-9-10-27-20-16(18)3-2-4-17(20)22/h2-8,14,18H,9-12H2,1H3,(H,23,26). The Balaban J connectivity index is 1.46. The number of carbonyl (C=O) groups is 2. The molecule has 2 aliphatic heterocycles.